The van der Waals surface area contributed by atoms with Gasteiger partial charge in [0.2, 0.25) is 0 Å². The summed E-state index contributed by atoms with van der Waals surface area (Å²) in [5.41, 5.74) is 20.3. The molecule has 71 heavy (non-hydrogen) atoms. The molecule has 0 atom stereocenters. The van der Waals surface area contributed by atoms with E-state index in [-0.39, 0.29) is 10.8 Å². The molecule has 9 aromatic carbocycles. The highest BCUT2D eigenvalue weighted by Crippen LogP contribution is 2.54. The first kappa shape index (κ1) is 42.3. The summed E-state index contributed by atoms with van der Waals surface area (Å²) in [6.45, 7) is 14.1. The third-order valence-corrected chi connectivity index (χ3v) is 16.7. The van der Waals surface area contributed by atoms with E-state index in [0.29, 0.717) is 0 Å². The van der Waals surface area contributed by atoms with E-state index >= 15 is 0 Å². The van der Waals surface area contributed by atoms with E-state index in [1.807, 2.05) is 6.07 Å². The molecule has 14 rings (SSSR count). The summed E-state index contributed by atoms with van der Waals surface area (Å²) in [5.74, 6) is 1.72. The molecule has 1 N–H and O–H groups in total. The van der Waals surface area contributed by atoms with Gasteiger partial charge in [0.1, 0.15) is 33.8 Å². The third kappa shape index (κ3) is 6.55. The van der Waals surface area contributed by atoms with E-state index in [0.717, 1.165) is 134 Å². The normalized spacial score (nSPS) is 15.2. The number of hydrogen-bond donors (Lipinski definition) is 1. The molecule has 0 amide bonds. The maximum atomic E-state index is 7.24. The largest absolute Gasteiger partial charge is 0.456 e. The number of hydrogen-bond acceptors (Lipinski definition) is 6. The van der Waals surface area contributed by atoms with Crippen LogP contribution in [0, 0.1) is 13.8 Å². The van der Waals surface area contributed by atoms with Crippen LogP contribution in [0.15, 0.2) is 182 Å². The summed E-state index contributed by atoms with van der Waals surface area (Å²) in [5, 5.41) is 8.23. The van der Waals surface area contributed by atoms with E-state index in [4.69, 9.17) is 13.6 Å². The topological polar surface area (TPSA) is 50.8 Å². The number of fused-ring (bicyclic) bond motifs is 11. The SMILES string of the molecule is Cc1ccc(Nc2ccc3oc4ccccc4c3c2-c2c3c(cc4c2oc2ccccc24)N(c2cc4c(cc2C)C(C)(C)CCC4(C)C)c2cc4c(cc2[B]3)Oc2ccccc2S4)c(-c2ccccc2)c1. The van der Waals surface area contributed by atoms with Crippen molar-refractivity contribution in [2.45, 2.75) is 75.0 Å². The number of aryl methyl sites for hydroxylation is 2. The van der Waals surface area contributed by atoms with Crippen LogP contribution in [0.4, 0.5) is 28.4 Å². The zero-order chi connectivity index (χ0) is 47.9. The minimum atomic E-state index is -0.00680. The smallest absolute Gasteiger partial charge is 0.198 e. The van der Waals surface area contributed by atoms with Crippen LogP contribution in [0.3, 0.4) is 0 Å². The summed E-state index contributed by atoms with van der Waals surface area (Å²) >= 11 is 1.77. The van der Waals surface area contributed by atoms with Crippen molar-refractivity contribution in [3.05, 3.63) is 186 Å². The molecule has 1 aliphatic carbocycles. The Labute approximate surface area is 418 Å². The highest BCUT2D eigenvalue weighted by Gasteiger charge is 2.40. The van der Waals surface area contributed by atoms with E-state index in [2.05, 4.69) is 217 Å². The van der Waals surface area contributed by atoms with Crippen LogP contribution in [0.25, 0.3) is 66.1 Å². The van der Waals surface area contributed by atoms with Crippen LogP contribution >= 0.6 is 11.8 Å². The molecule has 0 unspecified atom stereocenters. The molecule has 0 fully saturated rings. The lowest BCUT2D eigenvalue weighted by atomic mass is 9.57. The third-order valence-electron chi connectivity index (χ3n) is 15.6. The van der Waals surface area contributed by atoms with E-state index in [1.54, 1.807) is 11.8 Å². The molecule has 0 spiro atoms. The maximum absolute atomic E-state index is 7.24. The molecule has 1 radical (unpaired) electrons. The van der Waals surface area contributed by atoms with Crippen LogP contribution in [-0.4, -0.2) is 7.28 Å². The fraction of sp³-hybridized carbons (Fsp3) is 0.156. The second-order valence-corrected chi connectivity index (χ2v) is 22.2. The van der Waals surface area contributed by atoms with Gasteiger partial charge in [-0.05, 0) is 138 Å². The van der Waals surface area contributed by atoms with Crippen molar-refractivity contribution in [1.29, 1.82) is 0 Å². The number of ether oxygens (including phenoxy) is 1. The van der Waals surface area contributed by atoms with Crippen molar-refractivity contribution in [2.24, 2.45) is 0 Å². The van der Waals surface area contributed by atoms with Gasteiger partial charge in [-0.2, -0.15) is 0 Å². The average Bonchev–Trinajstić information content (AvgIpc) is 3.95. The molecule has 0 saturated heterocycles. The van der Waals surface area contributed by atoms with Gasteiger partial charge in [-0.25, -0.2) is 0 Å². The molecule has 7 heteroatoms. The van der Waals surface area contributed by atoms with Gasteiger partial charge in [0.25, 0.3) is 0 Å². The Hall–Kier alpha value is -7.61. The van der Waals surface area contributed by atoms with Gasteiger partial charge in [0.05, 0.1) is 9.79 Å². The first-order valence-corrected chi connectivity index (χ1v) is 25.6. The standard InChI is InChI=1S/C64H50BN2O3S/c1-36-24-25-46(41(30-36)38-16-8-7-9-17-38)66-47-26-27-54-58(40-19-11-13-21-52(40)68-54)59(47)60-61-50(32-42-39-18-10-12-20-51(39)70-62(42)60)67(48-33-44-43(31-37(48)2)63(3,4)28-29-64(44,5)6)49-35-57-55(34-45(49)65-61)69-53-22-14-15-23-56(53)71-57/h7-27,30-35,66H,28-29H2,1-6H3. The Balaban J connectivity index is 1.11. The van der Waals surface area contributed by atoms with Gasteiger partial charge in [0, 0.05) is 66.7 Å². The van der Waals surface area contributed by atoms with Crippen LogP contribution in [-0.2, 0) is 10.8 Å². The summed E-state index contributed by atoms with van der Waals surface area (Å²) in [6, 6.07) is 58.9. The molecular formula is C64H50BN2O3S. The minimum absolute atomic E-state index is 0.00680. The number of nitrogens with zero attached hydrogens (tertiary/aromatic N) is 1. The summed E-state index contributed by atoms with van der Waals surface area (Å²) in [4.78, 5) is 4.75. The number of benzene rings is 9. The molecule has 2 aliphatic heterocycles. The zero-order valence-corrected chi connectivity index (χ0v) is 41.5. The van der Waals surface area contributed by atoms with Crippen LogP contribution in [0.1, 0.15) is 62.8 Å². The highest BCUT2D eigenvalue weighted by molar-refractivity contribution is 7.99. The van der Waals surface area contributed by atoms with Crippen LogP contribution < -0.4 is 25.9 Å². The Morgan fingerprint density at radius 2 is 1.25 bits per heavy atom. The van der Waals surface area contributed by atoms with Gasteiger partial charge in [-0.1, -0.05) is 141 Å². The summed E-state index contributed by atoms with van der Waals surface area (Å²) in [7, 11) is 2.38. The lowest BCUT2D eigenvalue weighted by Crippen LogP contribution is -2.41. The monoisotopic (exact) mass is 937 g/mol. The second kappa shape index (κ2) is 15.4. The molecule has 343 valence electrons. The molecule has 4 heterocycles. The van der Waals surface area contributed by atoms with Crippen molar-refractivity contribution in [2.75, 3.05) is 10.2 Å². The first-order chi connectivity index (χ1) is 34.5. The molecule has 0 bridgehead atoms. The summed E-state index contributed by atoms with van der Waals surface area (Å²) < 4.78 is 20.8. The van der Waals surface area contributed by atoms with Crippen molar-refractivity contribution in [1.82, 2.24) is 0 Å². The molecule has 11 aromatic rings. The number of para-hydroxylation sites is 3. The molecular weight excluding hydrogens is 888 g/mol. The molecule has 3 aliphatic rings. The van der Waals surface area contributed by atoms with Gasteiger partial charge >= 0.3 is 0 Å². The van der Waals surface area contributed by atoms with Gasteiger partial charge < -0.3 is 23.8 Å². The lowest BCUT2D eigenvalue weighted by molar-refractivity contribution is 0.332. The van der Waals surface area contributed by atoms with Crippen molar-refractivity contribution in [3.8, 4) is 33.8 Å². The Morgan fingerprint density at radius 1 is 0.549 bits per heavy atom. The Morgan fingerprint density at radius 3 is 2.07 bits per heavy atom. The van der Waals surface area contributed by atoms with Crippen LogP contribution in [0.5, 0.6) is 11.5 Å². The number of furan rings is 2. The van der Waals surface area contributed by atoms with Crippen molar-refractivity contribution >= 4 is 102 Å². The predicted molar refractivity (Wildman–Crippen MR) is 297 cm³/mol. The number of anilines is 5. The van der Waals surface area contributed by atoms with Crippen molar-refractivity contribution in [3.63, 3.8) is 0 Å². The molecule has 0 saturated carbocycles. The molecule has 2 aromatic heterocycles. The van der Waals surface area contributed by atoms with E-state index in [9.17, 15) is 0 Å². The number of nitrogens with one attached hydrogen (secondary N) is 1. The predicted octanol–water partition coefficient (Wildman–Crippen LogP) is 17.2. The molecule has 5 nitrogen and oxygen atoms in total. The fourth-order valence-electron chi connectivity index (χ4n) is 11.8. The van der Waals surface area contributed by atoms with E-state index < -0.39 is 0 Å². The van der Waals surface area contributed by atoms with E-state index in [1.165, 1.54) is 27.9 Å². The Bertz CT molecular complexity index is 4050. The maximum Gasteiger partial charge on any atom is 0.198 e. The quantitative estimate of drug-likeness (QED) is 0.174. The van der Waals surface area contributed by atoms with Crippen molar-refractivity contribution < 1.29 is 13.6 Å². The Kier molecular flexibility index (Phi) is 9.20. The van der Waals surface area contributed by atoms with Gasteiger partial charge in [-0.15, -0.1) is 0 Å². The van der Waals surface area contributed by atoms with Crippen LogP contribution in [0.2, 0.25) is 0 Å². The van der Waals surface area contributed by atoms with Gasteiger partial charge in [-0.3, -0.25) is 0 Å². The number of rotatable bonds is 5. The zero-order valence-electron chi connectivity index (χ0n) is 40.7. The van der Waals surface area contributed by atoms with Gasteiger partial charge in [0.15, 0.2) is 7.28 Å². The first-order valence-electron chi connectivity index (χ1n) is 24.8. The second-order valence-electron chi connectivity index (χ2n) is 21.1. The lowest BCUT2D eigenvalue weighted by Gasteiger charge is -2.44. The summed E-state index contributed by atoms with van der Waals surface area (Å²) in [6.07, 6.45) is 2.27. The fourth-order valence-corrected chi connectivity index (χ4v) is 12.7. The minimum Gasteiger partial charge on any atom is -0.456 e. The highest BCUT2D eigenvalue weighted by atomic mass is 32.2. The average molecular weight is 938 g/mol.